The molecule has 0 fully saturated rings. The largest absolute Gasteiger partial charge is 0.348 e. The summed E-state index contributed by atoms with van der Waals surface area (Å²) in [6, 6.07) is 0. The Labute approximate surface area is 93.1 Å². The zero-order valence-electron chi connectivity index (χ0n) is 8.97. The second kappa shape index (κ2) is 5.03. The number of sulfonamides is 1. The van der Waals surface area contributed by atoms with E-state index in [0.717, 1.165) is 4.31 Å². The summed E-state index contributed by atoms with van der Waals surface area (Å²) in [6.07, 6.45) is 1.20. The molecule has 0 aliphatic rings. The van der Waals surface area contributed by atoms with Gasteiger partial charge in [0.1, 0.15) is 6.33 Å². The first-order chi connectivity index (χ1) is 7.43. The topological polar surface area (TPSA) is 108 Å². The predicted octanol–water partition coefficient (Wildman–Crippen LogP) is -1.57. The maximum atomic E-state index is 11.3. The molecule has 0 saturated heterocycles. The third-order valence-electron chi connectivity index (χ3n) is 1.83. The number of hydrogen-bond acceptors (Lipinski definition) is 5. The van der Waals surface area contributed by atoms with E-state index >= 15 is 0 Å². The third-order valence-corrected chi connectivity index (χ3v) is 3.66. The molecule has 0 unspecified atom stereocenters. The number of aromatic nitrogens is 3. The van der Waals surface area contributed by atoms with Crippen LogP contribution >= 0.6 is 0 Å². The summed E-state index contributed by atoms with van der Waals surface area (Å²) < 4.78 is 23.8. The molecule has 0 radical (unpaired) electrons. The van der Waals surface area contributed by atoms with Crippen LogP contribution in [-0.4, -0.2) is 60.2 Å². The standard InChI is InChI=1S/C7H13N5O3S/c1-12(2)16(14,15)4-3-8-7(13)6-9-5-10-11-6/h5H,3-4H2,1-2H3,(H,8,13)(H,9,10,11). The first kappa shape index (κ1) is 12.6. The van der Waals surface area contributed by atoms with Crippen LogP contribution < -0.4 is 5.32 Å². The van der Waals surface area contributed by atoms with Gasteiger partial charge < -0.3 is 5.32 Å². The summed E-state index contributed by atoms with van der Waals surface area (Å²) in [7, 11) is -0.414. The van der Waals surface area contributed by atoms with Gasteiger partial charge in [-0.1, -0.05) is 0 Å². The van der Waals surface area contributed by atoms with Gasteiger partial charge in [0, 0.05) is 20.6 Å². The highest BCUT2D eigenvalue weighted by atomic mass is 32.2. The van der Waals surface area contributed by atoms with Crippen molar-refractivity contribution in [3.63, 3.8) is 0 Å². The summed E-state index contributed by atoms with van der Waals surface area (Å²) in [5.41, 5.74) is 0. The summed E-state index contributed by atoms with van der Waals surface area (Å²) in [5, 5.41) is 8.30. The molecule has 9 heteroatoms. The van der Waals surface area contributed by atoms with E-state index in [4.69, 9.17) is 0 Å². The molecular formula is C7H13N5O3S. The lowest BCUT2D eigenvalue weighted by molar-refractivity contribution is 0.0946. The highest BCUT2D eigenvalue weighted by Gasteiger charge is 2.14. The monoisotopic (exact) mass is 247 g/mol. The van der Waals surface area contributed by atoms with Gasteiger partial charge in [0.25, 0.3) is 5.91 Å². The number of nitrogens with one attached hydrogen (secondary N) is 2. The van der Waals surface area contributed by atoms with E-state index in [9.17, 15) is 13.2 Å². The Hall–Kier alpha value is -1.48. The van der Waals surface area contributed by atoms with Crippen LogP contribution in [0.2, 0.25) is 0 Å². The summed E-state index contributed by atoms with van der Waals surface area (Å²) in [6.45, 7) is 0.0278. The van der Waals surface area contributed by atoms with Crippen molar-refractivity contribution in [2.45, 2.75) is 0 Å². The van der Waals surface area contributed by atoms with Gasteiger partial charge in [-0.3, -0.25) is 9.89 Å². The number of H-pyrrole nitrogens is 1. The van der Waals surface area contributed by atoms with Gasteiger partial charge in [-0.25, -0.2) is 17.7 Å². The Balaban J connectivity index is 2.40. The van der Waals surface area contributed by atoms with Crippen LogP contribution in [0.15, 0.2) is 6.33 Å². The second-order valence-electron chi connectivity index (χ2n) is 3.19. The molecular weight excluding hydrogens is 234 g/mol. The number of carbonyl (C=O) groups is 1. The van der Waals surface area contributed by atoms with Crippen molar-refractivity contribution in [2.75, 3.05) is 26.4 Å². The van der Waals surface area contributed by atoms with Crippen LogP contribution in [0.5, 0.6) is 0 Å². The minimum atomic E-state index is -3.29. The molecule has 1 aromatic heterocycles. The molecule has 0 aliphatic carbocycles. The molecule has 8 nitrogen and oxygen atoms in total. The van der Waals surface area contributed by atoms with Crippen LogP contribution in [0.3, 0.4) is 0 Å². The van der Waals surface area contributed by atoms with Gasteiger partial charge in [-0.2, -0.15) is 5.10 Å². The quantitative estimate of drug-likeness (QED) is 0.653. The van der Waals surface area contributed by atoms with E-state index in [1.165, 1.54) is 20.4 Å². The molecule has 0 aromatic carbocycles. The van der Waals surface area contributed by atoms with Crippen molar-refractivity contribution in [3.05, 3.63) is 12.2 Å². The number of carbonyl (C=O) groups excluding carboxylic acids is 1. The number of hydrogen-bond donors (Lipinski definition) is 2. The van der Waals surface area contributed by atoms with Gasteiger partial charge in [0.2, 0.25) is 15.8 Å². The van der Waals surface area contributed by atoms with Crippen molar-refractivity contribution < 1.29 is 13.2 Å². The normalized spacial score (nSPS) is 11.7. The average Bonchev–Trinajstić information content (AvgIpc) is 2.69. The second-order valence-corrected chi connectivity index (χ2v) is 5.49. The average molecular weight is 247 g/mol. The van der Waals surface area contributed by atoms with E-state index in [0.29, 0.717) is 0 Å². The van der Waals surface area contributed by atoms with Crippen LogP contribution in [0.1, 0.15) is 10.6 Å². The fourth-order valence-corrected chi connectivity index (χ4v) is 1.60. The Bertz CT molecular complexity index is 439. The molecule has 0 aliphatic heterocycles. The van der Waals surface area contributed by atoms with Crippen LogP contribution in [0.25, 0.3) is 0 Å². The van der Waals surface area contributed by atoms with E-state index in [1.807, 2.05) is 0 Å². The number of aromatic amines is 1. The van der Waals surface area contributed by atoms with Gasteiger partial charge in [-0.05, 0) is 0 Å². The zero-order valence-corrected chi connectivity index (χ0v) is 9.78. The summed E-state index contributed by atoms with van der Waals surface area (Å²) in [4.78, 5) is 14.9. The lowest BCUT2D eigenvalue weighted by Gasteiger charge is -2.10. The molecule has 1 heterocycles. The van der Waals surface area contributed by atoms with Crippen molar-refractivity contribution in [1.29, 1.82) is 0 Å². The molecule has 2 N–H and O–H groups in total. The number of amides is 1. The van der Waals surface area contributed by atoms with Crippen LogP contribution in [0.4, 0.5) is 0 Å². The van der Waals surface area contributed by atoms with E-state index in [2.05, 4.69) is 20.5 Å². The van der Waals surface area contributed by atoms with Crippen molar-refractivity contribution in [3.8, 4) is 0 Å². The maximum absolute atomic E-state index is 11.3. The zero-order chi connectivity index (χ0) is 12.2. The Morgan fingerprint density at radius 2 is 2.25 bits per heavy atom. The van der Waals surface area contributed by atoms with E-state index < -0.39 is 15.9 Å². The highest BCUT2D eigenvalue weighted by Crippen LogP contribution is 1.92. The van der Waals surface area contributed by atoms with Gasteiger partial charge in [-0.15, -0.1) is 0 Å². The van der Waals surface area contributed by atoms with Crippen molar-refractivity contribution >= 4 is 15.9 Å². The smallest absolute Gasteiger partial charge is 0.288 e. The van der Waals surface area contributed by atoms with Gasteiger partial charge in [0.15, 0.2) is 0 Å². The van der Waals surface area contributed by atoms with Crippen molar-refractivity contribution in [1.82, 2.24) is 24.8 Å². The number of rotatable bonds is 5. The molecule has 1 rings (SSSR count). The first-order valence-electron chi connectivity index (χ1n) is 4.47. The van der Waals surface area contributed by atoms with Crippen LogP contribution in [0, 0.1) is 0 Å². The number of nitrogens with zero attached hydrogens (tertiary/aromatic N) is 3. The minimum Gasteiger partial charge on any atom is -0.348 e. The molecule has 0 atom stereocenters. The molecule has 1 amide bonds. The SMILES string of the molecule is CN(C)S(=O)(=O)CCNC(=O)c1ncn[nH]1. The predicted molar refractivity (Wildman–Crippen MR) is 56.2 cm³/mol. The molecule has 0 bridgehead atoms. The highest BCUT2D eigenvalue weighted by molar-refractivity contribution is 7.89. The van der Waals surface area contributed by atoms with Gasteiger partial charge in [0.05, 0.1) is 5.75 Å². The Kier molecular flexibility index (Phi) is 3.96. The summed E-state index contributed by atoms with van der Waals surface area (Å²) >= 11 is 0. The minimum absolute atomic E-state index is 0.0278. The third kappa shape index (κ3) is 3.28. The lowest BCUT2D eigenvalue weighted by atomic mass is 10.5. The van der Waals surface area contributed by atoms with Crippen molar-refractivity contribution in [2.24, 2.45) is 0 Å². The van der Waals surface area contributed by atoms with Crippen LogP contribution in [-0.2, 0) is 10.0 Å². The van der Waals surface area contributed by atoms with E-state index in [-0.39, 0.29) is 18.1 Å². The Morgan fingerprint density at radius 3 is 2.75 bits per heavy atom. The van der Waals surface area contributed by atoms with Gasteiger partial charge >= 0.3 is 0 Å². The maximum Gasteiger partial charge on any atom is 0.288 e. The molecule has 0 saturated carbocycles. The fourth-order valence-electron chi connectivity index (χ4n) is 0.875. The summed E-state index contributed by atoms with van der Waals surface area (Å²) in [5.74, 6) is -0.575. The fraction of sp³-hybridized carbons (Fsp3) is 0.571. The van der Waals surface area contributed by atoms with E-state index in [1.54, 1.807) is 0 Å². The first-order valence-corrected chi connectivity index (χ1v) is 6.08. The molecule has 90 valence electrons. The Morgan fingerprint density at radius 1 is 1.56 bits per heavy atom. The molecule has 1 aromatic rings. The lowest BCUT2D eigenvalue weighted by Crippen LogP contribution is -2.34. The molecule has 0 spiro atoms. The molecule has 16 heavy (non-hydrogen) atoms.